The number of hydrogen-bond acceptors (Lipinski definition) is 6. The highest BCUT2D eigenvalue weighted by Gasteiger charge is 2.43. The molecule has 0 fully saturated rings. The molecular weight excluding hydrogens is 502 g/mol. The minimum atomic E-state index is -0.706. The zero-order valence-electron chi connectivity index (χ0n) is 21.7. The second-order valence-corrected chi connectivity index (χ2v) is 9.70. The molecule has 0 saturated heterocycles. The molecule has 38 heavy (non-hydrogen) atoms. The van der Waals surface area contributed by atoms with E-state index in [0.29, 0.717) is 56.8 Å². The number of allylic oxidation sites excluding steroid dienone is 2. The Kier molecular flexibility index (Phi) is 7.00. The predicted molar refractivity (Wildman–Crippen MR) is 146 cm³/mol. The number of ether oxygens (including phenoxy) is 3. The summed E-state index contributed by atoms with van der Waals surface area (Å²) in [4.78, 5) is 26.9. The molecule has 6 nitrogen and oxygen atoms in total. The third kappa shape index (κ3) is 4.45. The van der Waals surface area contributed by atoms with E-state index in [2.05, 4.69) is 5.32 Å². The molecule has 0 bridgehead atoms. The van der Waals surface area contributed by atoms with E-state index in [9.17, 15) is 9.59 Å². The number of rotatable bonds is 7. The standard InChI is InChI=1S/C31H28ClNO5/c1-5-37-31(35)25-18(3)33-28-21-11-6-7-12-22(21)29(34)27(28)26(25)20-14-23(32)30(24(15-20)36-4)38-16-19-10-8-9-17(2)13-19/h6-15,26,33H,5,16H2,1-4H3/t26-/m1/s1. The molecule has 2 aliphatic rings. The van der Waals surface area contributed by atoms with Gasteiger partial charge in [0, 0.05) is 28.3 Å². The van der Waals surface area contributed by atoms with Gasteiger partial charge in [-0.2, -0.15) is 0 Å². The summed E-state index contributed by atoms with van der Waals surface area (Å²) in [5.74, 6) is -0.543. The summed E-state index contributed by atoms with van der Waals surface area (Å²) in [6, 6.07) is 18.9. The number of nitrogens with one attached hydrogen (secondary N) is 1. The van der Waals surface area contributed by atoms with E-state index in [-0.39, 0.29) is 12.4 Å². The van der Waals surface area contributed by atoms with E-state index < -0.39 is 11.9 Å². The Morgan fingerprint density at radius 1 is 1.03 bits per heavy atom. The zero-order chi connectivity index (χ0) is 27.0. The molecule has 0 aromatic heterocycles. The van der Waals surface area contributed by atoms with Crippen LogP contribution in [0.1, 0.15) is 52.4 Å². The van der Waals surface area contributed by atoms with E-state index in [1.165, 1.54) is 7.11 Å². The molecule has 1 aliphatic carbocycles. The second-order valence-electron chi connectivity index (χ2n) is 9.29. The average molecular weight is 530 g/mol. The number of carbonyl (C=O) groups is 2. The lowest BCUT2D eigenvalue weighted by molar-refractivity contribution is -0.138. The lowest BCUT2D eigenvalue weighted by atomic mass is 9.79. The number of fused-ring (bicyclic) bond motifs is 2. The lowest BCUT2D eigenvalue weighted by Crippen LogP contribution is -2.29. The van der Waals surface area contributed by atoms with Crippen molar-refractivity contribution in [3.8, 4) is 11.5 Å². The first-order chi connectivity index (χ1) is 18.3. The van der Waals surface area contributed by atoms with Gasteiger partial charge in [0.2, 0.25) is 0 Å². The van der Waals surface area contributed by atoms with Gasteiger partial charge in [-0.25, -0.2) is 4.79 Å². The van der Waals surface area contributed by atoms with Gasteiger partial charge in [-0.15, -0.1) is 0 Å². The number of Topliss-reactive ketones (excluding diaryl/α,β-unsaturated/α-hetero) is 1. The second kappa shape index (κ2) is 10.4. The van der Waals surface area contributed by atoms with Crippen molar-refractivity contribution in [2.75, 3.05) is 13.7 Å². The number of halogens is 1. The lowest BCUT2D eigenvalue weighted by Gasteiger charge is -2.29. The van der Waals surface area contributed by atoms with Crippen LogP contribution in [0.4, 0.5) is 0 Å². The Balaban J connectivity index is 1.60. The zero-order valence-corrected chi connectivity index (χ0v) is 22.4. The Bertz CT molecular complexity index is 1520. The van der Waals surface area contributed by atoms with E-state index in [4.69, 9.17) is 25.8 Å². The SMILES string of the molecule is CCOC(=O)C1=C(C)NC2=C(C(=O)c3ccccc32)[C@@H]1c1cc(Cl)c(OCc2cccc(C)c2)c(OC)c1. The quantitative estimate of drug-likeness (QED) is 0.359. The van der Waals surface area contributed by atoms with Crippen molar-refractivity contribution in [1.82, 2.24) is 5.32 Å². The van der Waals surface area contributed by atoms with Crippen LogP contribution >= 0.6 is 11.6 Å². The number of esters is 1. The molecule has 1 aliphatic heterocycles. The van der Waals surface area contributed by atoms with Gasteiger partial charge in [-0.3, -0.25) is 4.79 Å². The fraction of sp³-hybridized carbons (Fsp3) is 0.226. The van der Waals surface area contributed by atoms with Crippen molar-refractivity contribution in [3.63, 3.8) is 0 Å². The summed E-state index contributed by atoms with van der Waals surface area (Å²) >= 11 is 6.77. The van der Waals surface area contributed by atoms with Gasteiger partial charge in [0.05, 0.1) is 30.0 Å². The summed E-state index contributed by atoms with van der Waals surface area (Å²) in [5, 5.41) is 3.62. The number of aryl methyl sites for hydroxylation is 1. The largest absolute Gasteiger partial charge is 0.493 e. The number of hydrogen-bond donors (Lipinski definition) is 1. The van der Waals surface area contributed by atoms with Crippen LogP contribution in [0.3, 0.4) is 0 Å². The molecular formula is C31H28ClNO5. The van der Waals surface area contributed by atoms with Crippen LogP contribution in [0.15, 0.2) is 77.5 Å². The molecule has 1 heterocycles. The van der Waals surface area contributed by atoms with E-state index >= 15 is 0 Å². The summed E-state index contributed by atoms with van der Waals surface area (Å²) in [6.07, 6.45) is 0. The Morgan fingerprint density at radius 3 is 2.50 bits per heavy atom. The van der Waals surface area contributed by atoms with Crippen molar-refractivity contribution in [1.29, 1.82) is 0 Å². The maximum absolute atomic E-state index is 13.7. The maximum atomic E-state index is 13.7. The Labute approximate surface area is 226 Å². The summed E-state index contributed by atoms with van der Waals surface area (Å²) in [5.41, 5.74) is 6.29. The third-order valence-electron chi connectivity index (χ3n) is 6.79. The molecule has 0 amide bonds. The van der Waals surface area contributed by atoms with Gasteiger partial charge in [0.15, 0.2) is 17.3 Å². The van der Waals surface area contributed by atoms with Crippen molar-refractivity contribution in [2.45, 2.75) is 33.3 Å². The molecule has 5 rings (SSSR count). The maximum Gasteiger partial charge on any atom is 0.336 e. The highest BCUT2D eigenvalue weighted by Crippen LogP contribution is 2.49. The first kappa shape index (κ1) is 25.6. The minimum Gasteiger partial charge on any atom is -0.493 e. The van der Waals surface area contributed by atoms with Crippen LogP contribution in [-0.4, -0.2) is 25.5 Å². The molecule has 1 N–H and O–H groups in total. The molecule has 0 unspecified atom stereocenters. The molecule has 3 aromatic rings. The van der Waals surface area contributed by atoms with Crippen LogP contribution in [0.5, 0.6) is 11.5 Å². The normalized spacial score (nSPS) is 16.1. The van der Waals surface area contributed by atoms with Gasteiger partial charge in [-0.1, -0.05) is 65.7 Å². The van der Waals surface area contributed by atoms with Gasteiger partial charge < -0.3 is 19.5 Å². The highest BCUT2D eigenvalue weighted by molar-refractivity contribution is 6.32. The Morgan fingerprint density at radius 2 is 1.79 bits per heavy atom. The van der Waals surface area contributed by atoms with Crippen LogP contribution in [0, 0.1) is 6.92 Å². The van der Waals surface area contributed by atoms with Crippen molar-refractivity contribution >= 4 is 29.1 Å². The first-order valence-electron chi connectivity index (χ1n) is 12.4. The fourth-order valence-electron chi connectivity index (χ4n) is 5.15. The van der Waals surface area contributed by atoms with Crippen molar-refractivity contribution < 1.29 is 23.8 Å². The summed E-state index contributed by atoms with van der Waals surface area (Å²) in [6.45, 7) is 6.10. The molecule has 0 spiro atoms. The highest BCUT2D eigenvalue weighted by atomic mass is 35.5. The topological polar surface area (TPSA) is 73.9 Å². The van der Waals surface area contributed by atoms with Gasteiger partial charge >= 0.3 is 5.97 Å². The number of methoxy groups -OCH3 is 1. The van der Waals surface area contributed by atoms with Crippen LogP contribution in [-0.2, 0) is 16.1 Å². The number of benzene rings is 3. The van der Waals surface area contributed by atoms with Crippen LogP contribution < -0.4 is 14.8 Å². The molecule has 1 atom stereocenters. The number of ketones is 1. The van der Waals surface area contributed by atoms with E-state index in [0.717, 1.165) is 16.7 Å². The third-order valence-corrected chi connectivity index (χ3v) is 7.08. The fourth-order valence-corrected chi connectivity index (χ4v) is 5.42. The summed E-state index contributed by atoms with van der Waals surface area (Å²) < 4.78 is 17.2. The van der Waals surface area contributed by atoms with E-state index in [1.54, 1.807) is 25.1 Å². The number of carbonyl (C=O) groups excluding carboxylic acids is 2. The van der Waals surface area contributed by atoms with E-state index in [1.807, 2.05) is 56.3 Å². The molecule has 3 aromatic carbocycles. The molecule has 7 heteroatoms. The molecule has 194 valence electrons. The van der Waals surface area contributed by atoms with Crippen LogP contribution in [0.2, 0.25) is 5.02 Å². The minimum absolute atomic E-state index is 0.141. The smallest absolute Gasteiger partial charge is 0.336 e. The van der Waals surface area contributed by atoms with Crippen molar-refractivity contribution in [2.24, 2.45) is 0 Å². The summed E-state index contributed by atoms with van der Waals surface area (Å²) in [7, 11) is 1.53. The first-order valence-corrected chi connectivity index (χ1v) is 12.8. The van der Waals surface area contributed by atoms with Crippen LogP contribution in [0.25, 0.3) is 5.70 Å². The Hall–Kier alpha value is -4.03. The number of dihydropyridines is 1. The monoisotopic (exact) mass is 529 g/mol. The van der Waals surface area contributed by atoms with Gasteiger partial charge in [-0.05, 0) is 44.0 Å². The average Bonchev–Trinajstić information content (AvgIpc) is 3.18. The molecule has 0 radical (unpaired) electrons. The van der Waals surface area contributed by atoms with Crippen molar-refractivity contribution in [3.05, 3.63) is 110 Å². The molecule has 0 saturated carbocycles. The predicted octanol–water partition coefficient (Wildman–Crippen LogP) is 6.37. The van der Waals surface area contributed by atoms with Gasteiger partial charge in [0.25, 0.3) is 0 Å². The van der Waals surface area contributed by atoms with Gasteiger partial charge in [0.1, 0.15) is 6.61 Å².